The Hall–Kier alpha value is 0.310. The van der Waals surface area contributed by atoms with Crippen molar-refractivity contribution in [3.05, 3.63) is 0 Å². The lowest BCUT2D eigenvalue weighted by Crippen LogP contribution is -2.42. The summed E-state index contributed by atoms with van der Waals surface area (Å²) >= 11 is 4.48. The maximum atomic E-state index is 4.48. The van der Waals surface area contributed by atoms with E-state index in [1.807, 2.05) is 0 Å². The van der Waals surface area contributed by atoms with Crippen molar-refractivity contribution in [1.82, 2.24) is 4.90 Å². The smallest absolute Gasteiger partial charge is 0.0301 e. The minimum Gasteiger partial charge on any atom is -0.294 e. The topological polar surface area (TPSA) is 3.24 Å². The van der Waals surface area contributed by atoms with Gasteiger partial charge < -0.3 is 0 Å². The number of fused-ring (bicyclic) bond motifs is 1. The molecule has 11 heavy (non-hydrogen) atoms. The van der Waals surface area contributed by atoms with Crippen molar-refractivity contribution < 1.29 is 0 Å². The molecule has 2 aliphatic heterocycles. The van der Waals surface area contributed by atoms with E-state index >= 15 is 0 Å². The molecule has 0 aliphatic carbocycles. The van der Waals surface area contributed by atoms with Gasteiger partial charge in [0.2, 0.25) is 0 Å². The van der Waals surface area contributed by atoms with Crippen LogP contribution in [0.5, 0.6) is 0 Å². The van der Waals surface area contributed by atoms with Gasteiger partial charge in [-0.2, -0.15) is 12.6 Å². The molecule has 0 radical (unpaired) electrons. The molecule has 2 unspecified atom stereocenters. The predicted octanol–water partition coefficient (Wildman–Crippen LogP) is 1.93. The Morgan fingerprint density at radius 2 is 2.36 bits per heavy atom. The third-order valence-corrected chi connectivity index (χ3v) is 4.09. The van der Waals surface area contributed by atoms with Crippen LogP contribution in [-0.2, 0) is 0 Å². The van der Waals surface area contributed by atoms with Gasteiger partial charge >= 0.3 is 0 Å². The second-order valence-electron chi connectivity index (χ2n) is 4.07. The normalized spacial score (nSPS) is 44.7. The summed E-state index contributed by atoms with van der Waals surface area (Å²) in [5.41, 5.74) is 0.516. The molecule has 0 aromatic rings. The van der Waals surface area contributed by atoms with E-state index in [0.717, 1.165) is 11.8 Å². The quantitative estimate of drug-likeness (QED) is 0.590. The highest BCUT2D eigenvalue weighted by Gasteiger charge is 2.46. The summed E-state index contributed by atoms with van der Waals surface area (Å²) < 4.78 is 0. The molecule has 1 nitrogen and oxygen atoms in total. The zero-order valence-electron chi connectivity index (χ0n) is 7.21. The predicted molar refractivity (Wildman–Crippen MR) is 51.2 cm³/mol. The minimum absolute atomic E-state index is 0.516. The van der Waals surface area contributed by atoms with E-state index in [-0.39, 0.29) is 0 Å². The van der Waals surface area contributed by atoms with Crippen LogP contribution in [0.25, 0.3) is 0 Å². The molecule has 2 rings (SSSR count). The van der Waals surface area contributed by atoms with Gasteiger partial charge in [-0.25, -0.2) is 0 Å². The third-order valence-electron chi connectivity index (χ3n) is 3.50. The summed E-state index contributed by atoms with van der Waals surface area (Å²) in [5, 5.41) is 0. The first-order chi connectivity index (χ1) is 5.28. The van der Waals surface area contributed by atoms with Crippen LogP contribution in [-0.4, -0.2) is 28.8 Å². The second-order valence-corrected chi connectivity index (χ2v) is 4.38. The Labute approximate surface area is 74.6 Å². The van der Waals surface area contributed by atoms with E-state index in [1.54, 1.807) is 0 Å². The molecular formula is C9H17NS. The zero-order chi connectivity index (χ0) is 7.90. The average Bonchev–Trinajstić information content (AvgIpc) is 2.53. The van der Waals surface area contributed by atoms with Gasteiger partial charge in [0.1, 0.15) is 0 Å². The number of thiol groups is 1. The van der Waals surface area contributed by atoms with Crippen molar-refractivity contribution in [1.29, 1.82) is 0 Å². The molecule has 64 valence electrons. The summed E-state index contributed by atoms with van der Waals surface area (Å²) in [6, 6.07) is 0.824. The first-order valence-electron chi connectivity index (χ1n) is 4.66. The number of nitrogens with zero attached hydrogens (tertiary/aromatic N) is 1. The maximum absolute atomic E-state index is 4.48. The molecule has 0 spiro atoms. The zero-order valence-corrected chi connectivity index (χ0v) is 8.11. The third kappa shape index (κ3) is 1.03. The van der Waals surface area contributed by atoms with E-state index in [0.29, 0.717) is 5.54 Å². The summed E-state index contributed by atoms with van der Waals surface area (Å²) in [4.78, 5) is 2.68. The highest BCUT2D eigenvalue weighted by molar-refractivity contribution is 7.80. The van der Waals surface area contributed by atoms with Crippen molar-refractivity contribution in [2.75, 3.05) is 12.3 Å². The molecular weight excluding hydrogens is 154 g/mol. The molecule has 2 fully saturated rings. The van der Waals surface area contributed by atoms with Gasteiger partial charge in [0.05, 0.1) is 0 Å². The van der Waals surface area contributed by atoms with Crippen LogP contribution in [0.1, 0.15) is 32.6 Å². The van der Waals surface area contributed by atoms with E-state index in [2.05, 4.69) is 24.5 Å². The van der Waals surface area contributed by atoms with Crippen molar-refractivity contribution in [2.45, 2.75) is 44.2 Å². The first-order valence-corrected chi connectivity index (χ1v) is 5.29. The standard InChI is InChI=1S/C9H17NS/c1-8-3-5-9(7-11)4-2-6-10(8)9/h8,11H,2-7H2,1H3. The Morgan fingerprint density at radius 3 is 3.00 bits per heavy atom. The SMILES string of the molecule is CC1CCC2(CS)CCCN12. The molecule has 0 aromatic carbocycles. The molecule has 0 amide bonds. The average molecular weight is 171 g/mol. The Kier molecular flexibility index (Phi) is 1.92. The fraction of sp³-hybridized carbons (Fsp3) is 1.00. The molecule has 2 atom stereocenters. The van der Waals surface area contributed by atoms with Crippen LogP contribution >= 0.6 is 12.6 Å². The molecule has 0 bridgehead atoms. The van der Waals surface area contributed by atoms with Gasteiger partial charge in [-0.05, 0) is 39.2 Å². The van der Waals surface area contributed by atoms with Gasteiger partial charge in [-0.3, -0.25) is 4.90 Å². The lowest BCUT2D eigenvalue weighted by Gasteiger charge is -2.32. The Balaban J connectivity index is 2.18. The van der Waals surface area contributed by atoms with Crippen LogP contribution in [0.15, 0.2) is 0 Å². The summed E-state index contributed by atoms with van der Waals surface area (Å²) in [6.45, 7) is 3.68. The molecule has 0 N–H and O–H groups in total. The second kappa shape index (κ2) is 2.67. The van der Waals surface area contributed by atoms with Gasteiger partial charge in [-0.1, -0.05) is 0 Å². The number of hydrogen-bond donors (Lipinski definition) is 1. The number of hydrogen-bond acceptors (Lipinski definition) is 2. The highest BCUT2D eigenvalue weighted by Crippen LogP contribution is 2.42. The van der Waals surface area contributed by atoms with Crippen molar-refractivity contribution >= 4 is 12.6 Å². The molecule has 2 heteroatoms. The van der Waals surface area contributed by atoms with Crippen molar-refractivity contribution in [2.24, 2.45) is 0 Å². The van der Waals surface area contributed by atoms with Gasteiger partial charge in [0.15, 0.2) is 0 Å². The van der Waals surface area contributed by atoms with E-state index in [1.165, 1.54) is 32.2 Å². The van der Waals surface area contributed by atoms with Crippen LogP contribution < -0.4 is 0 Å². The van der Waals surface area contributed by atoms with Gasteiger partial charge in [-0.15, -0.1) is 0 Å². The summed E-state index contributed by atoms with van der Waals surface area (Å²) in [7, 11) is 0. The Bertz CT molecular complexity index is 160. The van der Waals surface area contributed by atoms with E-state index in [9.17, 15) is 0 Å². The molecule has 2 saturated heterocycles. The van der Waals surface area contributed by atoms with E-state index < -0.39 is 0 Å². The summed E-state index contributed by atoms with van der Waals surface area (Å²) in [5.74, 6) is 1.07. The largest absolute Gasteiger partial charge is 0.294 e. The fourth-order valence-corrected chi connectivity index (χ4v) is 3.30. The molecule has 0 saturated carbocycles. The first kappa shape index (κ1) is 7.93. The van der Waals surface area contributed by atoms with Crippen LogP contribution in [0.2, 0.25) is 0 Å². The monoisotopic (exact) mass is 171 g/mol. The molecule has 0 aromatic heterocycles. The maximum Gasteiger partial charge on any atom is 0.0301 e. The highest BCUT2D eigenvalue weighted by atomic mass is 32.1. The lowest BCUT2D eigenvalue weighted by molar-refractivity contribution is 0.181. The van der Waals surface area contributed by atoms with Crippen LogP contribution in [0, 0.1) is 0 Å². The van der Waals surface area contributed by atoms with Gasteiger partial charge in [0, 0.05) is 17.3 Å². The lowest BCUT2D eigenvalue weighted by atomic mass is 9.97. The van der Waals surface area contributed by atoms with E-state index in [4.69, 9.17) is 0 Å². The molecule has 2 aliphatic rings. The van der Waals surface area contributed by atoms with Crippen molar-refractivity contribution in [3.8, 4) is 0 Å². The summed E-state index contributed by atoms with van der Waals surface area (Å²) in [6.07, 6.45) is 5.56. The minimum atomic E-state index is 0.516. The van der Waals surface area contributed by atoms with Crippen LogP contribution in [0.3, 0.4) is 0 Å². The fourth-order valence-electron chi connectivity index (χ4n) is 2.80. The van der Waals surface area contributed by atoms with Crippen molar-refractivity contribution in [3.63, 3.8) is 0 Å². The molecule has 2 heterocycles. The van der Waals surface area contributed by atoms with Gasteiger partial charge in [0.25, 0.3) is 0 Å². The number of rotatable bonds is 1. The van der Waals surface area contributed by atoms with Crippen LogP contribution in [0.4, 0.5) is 0 Å². The Morgan fingerprint density at radius 1 is 1.55 bits per heavy atom.